The molecule has 4 nitrogen and oxygen atoms in total. The van der Waals surface area contributed by atoms with Crippen molar-refractivity contribution in [1.82, 2.24) is 5.32 Å². The summed E-state index contributed by atoms with van der Waals surface area (Å²) >= 11 is 4.82. The first-order valence-corrected chi connectivity index (χ1v) is 5.83. The van der Waals surface area contributed by atoms with E-state index in [1.165, 1.54) is 11.3 Å². The highest BCUT2D eigenvalue weighted by molar-refractivity contribution is 9.10. The van der Waals surface area contributed by atoms with Crippen molar-refractivity contribution in [3.63, 3.8) is 0 Å². The predicted octanol–water partition coefficient (Wildman–Crippen LogP) is 2.08. The summed E-state index contributed by atoms with van der Waals surface area (Å²) in [5, 5.41) is 11.2. The molecule has 0 saturated carbocycles. The fraction of sp³-hybridized carbons (Fsp3) is 0.333. The molecule has 1 aromatic heterocycles. The lowest BCUT2D eigenvalue weighted by Gasteiger charge is -2.10. The second-order valence-corrected chi connectivity index (χ2v) is 5.13. The van der Waals surface area contributed by atoms with E-state index < -0.39 is 12.0 Å². The Labute approximate surface area is 99.4 Å². The van der Waals surface area contributed by atoms with Crippen molar-refractivity contribution in [2.75, 3.05) is 0 Å². The van der Waals surface area contributed by atoms with Gasteiger partial charge < -0.3 is 10.4 Å². The number of halogens is 1. The van der Waals surface area contributed by atoms with Crippen LogP contribution in [-0.4, -0.2) is 17.5 Å². The second-order valence-electron chi connectivity index (χ2n) is 2.99. The molecule has 1 rings (SSSR count). The molecule has 6 heteroatoms. The third-order valence-corrected chi connectivity index (χ3v) is 4.12. The molecule has 1 amide bonds. The van der Waals surface area contributed by atoms with Gasteiger partial charge in [0.1, 0.15) is 0 Å². The maximum atomic E-state index is 10.6. The Morgan fingerprint density at radius 2 is 2.47 bits per heavy atom. The molecule has 0 bridgehead atoms. The number of carboxylic acids is 1. The van der Waals surface area contributed by atoms with Gasteiger partial charge in [0.25, 0.3) is 0 Å². The summed E-state index contributed by atoms with van der Waals surface area (Å²) in [6, 6.07) is 1.39. The molecule has 0 aliphatic heterocycles. The monoisotopic (exact) mass is 291 g/mol. The average Bonchev–Trinajstić information content (AvgIpc) is 2.46. The molecule has 0 aliphatic carbocycles. The smallest absolute Gasteiger partial charge is 0.305 e. The Morgan fingerprint density at radius 1 is 1.80 bits per heavy atom. The summed E-state index contributed by atoms with van der Waals surface area (Å²) in [6.07, 6.45) is 0.418. The van der Waals surface area contributed by atoms with Gasteiger partial charge >= 0.3 is 5.97 Å². The number of amides is 1. The number of aryl methyl sites for hydroxylation is 1. The summed E-state index contributed by atoms with van der Waals surface area (Å²) in [7, 11) is 0. The summed E-state index contributed by atoms with van der Waals surface area (Å²) in [6.45, 7) is 1.93. The SMILES string of the molecule is Cc1sc([C@H](CC(=O)O)NC=O)cc1Br. The standard InChI is InChI=1S/C9H10BrNO3S/c1-5-6(10)2-8(15-5)7(11-4-12)3-9(13)14/h2,4,7H,3H2,1H3,(H,11,12)(H,13,14)/t7-/m0/s1. The quantitative estimate of drug-likeness (QED) is 0.817. The number of hydrogen-bond acceptors (Lipinski definition) is 3. The van der Waals surface area contributed by atoms with Gasteiger partial charge in [-0.1, -0.05) is 0 Å². The Hall–Kier alpha value is -0.880. The van der Waals surface area contributed by atoms with E-state index in [-0.39, 0.29) is 6.42 Å². The number of carboxylic acid groups (broad SMARTS) is 1. The lowest BCUT2D eigenvalue weighted by Crippen LogP contribution is -2.21. The average molecular weight is 292 g/mol. The molecule has 0 aromatic carbocycles. The Bertz CT molecular complexity index is 358. The minimum Gasteiger partial charge on any atom is -0.481 e. The molecule has 0 fully saturated rings. The Morgan fingerprint density at radius 3 is 2.87 bits per heavy atom. The first kappa shape index (κ1) is 12.2. The lowest BCUT2D eigenvalue weighted by molar-refractivity contribution is -0.137. The minimum absolute atomic E-state index is 0.106. The number of aliphatic carboxylic acids is 1. The maximum absolute atomic E-state index is 10.6. The highest BCUT2D eigenvalue weighted by Gasteiger charge is 2.17. The van der Waals surface area contributed by atoms with Crippen LogP contribution in [0.2, 0.25) is 0 Å². The van der Waals surface area contributed by atoms with E-state index in [1.807, 2.05) is 13.0 Å². The van der Waals surface area contributed by atoms with Crippen LogP contribution in [0.3, 0.4) is 0 Å². The molecule has 15 heavy (non-hydrogen) atoms. The van der Waals surface area contributed by atoms with Crippen LogP contribution in [0.15, 0.2) is 10.5 Å². The van der Waals surface area contributed by atoms with Gasteiger partial charge in [0.2, 0.25) is 6.41 Å². The largest absolute Gasteiger partial charge is 0.481 e. The van der Waals surface area contributed by atoms with E-state index in [2.05, 4.69) is 21.2 Å². The van der Waals surface area contributed by atoms with Crippen molar-refractivity contribution in [3.05, 3.63) is 20.3 Å². The number of thiophene rings is 1. The normalized spacial score (nSPS) is 12.1. The van der Waals surface area contributed by atoms with Crippen LogP contribution in [0.25, 0.3) is 0 Å². The van der Waals surface area contributed by atoms with Gasteiger partial charge in [-0.2, -0.15) is 0 Å². The molecule has 1 aromatic rings. The molecule has 0 spiro atoms. The van der Waals surface area contributed by atoms with Crippen molar-refractivity contribution >= 4 is 39.6 Å². The van der Waals surface area contributed by atoms with Gasteiger partial charge in [-0.05, 0) is 28.9 Å². The Balaban J connectivity index is 2.87. The summed E-state index contributed by atoms with van der Waals surface area (Å²) in [5.41, 5.74) is 0. The zero-order valence-electron chi connectivity index (χ0n) is 7.99. The van der Waals surface area contributed by atoms with E-state index >= 15 is 0 Å². The second kappa shape index (κ2) is 5.27. The van der Waals surface area contributed by atoms with Gasteiger partial charge in [-0.15, -0.1) is 11.3 Å². The molecule has 1 atom stereocenters. The van der Waals surface area contributed by atoms with Crippen LogP contribution in [0.1, 0.15) is 22.2 Å². The summed E-state index contributed by atoms with van der Waals surface area (Å²) in [5.74, 6) is -0.934. The molecule has 0 radical (unpaired) electrons. The fourth-order valence-electron chi connectivity index (χ4n) is 1.15. The van der Waals surface area contributed by atoms with Crippen LogP contribution in [-0.2, 0) is 9.59 Å². The van der Waals surface area contributed by atoms with Crippen LogP contribution >= 0.6 is 27.3 Å². The number of carbonyl (C=O) groups excluding carboxylic acids is 1. The van der Waals surface area contributed by atoms with Crippen molar-refractivity contribution in [3.8, 4) is 0 Å². The first-order valence-electron chi connectivity index (χ1n) is 4.22. The van der Waals surface area contributed by atoms with Gasteiger partial charge in [0.05, 0.1) is 12.5 Å². The molecule has 0 aliphatic rings. The molecule has 82 valence electrons. The van der Waals surface area contributed by atoms with Crippen LogP contribution in [0.5, 0.6) is 0 Å². The maximum Gasteiger partial charge on any atom is 0.305 e. The van der Waals surface area contributed by atoms with E-state index in [0.29, 0.717) is 6.41 Å². The molecular weight excluding hydrogens is 282 g/mol. The highest BCUT2D eigenvalue weighted by Crippen LogP contribution is 2.31. The van der Waals surface area contributed by atoms with Crippen LogP contribution in [0.4, 0.5) is 0 Å². The van der Waals surface area contributed by atoms with Gasteiger partial charge in [0.15, 0.2) is 0 Å². The predicted molar refractivity (Wildman–Crippen MR) is 60.9 cm³/mol. The molecule has 0 saturated heterocycles. The first-order chi connectivity index (χ1) is 7.04. The van der Waals surface area contributed by atoms with E-state index in [0.717, 1.165) is 14.2 Å². The molecule has 1 heterocycles. The van der Waals surface area contributed by atoms with Gasteiger partial charge in [-0.3, -0.25) is 9.59 Å². The van der Waals surface area contributed by atoms with Crippen LogP contribution in [0, 0.1) is 6.92 Å². The van der Waals surface area contributed by atoms with Crippen LogP contribution < -0.4 is 5.32 Å². The lowest BCUT2D eigenvalue weighted by atomic mass is 10.2. The van der Waals surface area contributed by atoms with E-state index in [1.54, 1.807) is 0 Å². The third-order valence-electron chi connectivity index (χ3n) is 1.87. The molecular formula is C9H10BrNO3S. The Kier molecular flexibility index (Phi) is 4.28. The minimum atomic E-state index is -0.934. The number of hydrogen-bond donors (Lipinski definition) is 2. The fourth-order valence-corrected chi connectivity index (χ4v) is 2.77. The number of nitrogens with one attached hydrogen (secondary N) is 1. The third kappa shape index (κ3) is 3.32. The van der Waals surface area contributed by atoms with Crippen molar-refractivity contribution < 1.29 is 14.7 Å². The number of rotatable bonds is 5. The zero-order valence-corrected chi connectivity index (χ0v) is 10.4. The van der Waals surface area contributed by atoms with Gasteiger partial charge in [0, 0.05) is 14.2 Å². The molecule has 2 N–H and O–H groups in total. The van der Waals surface area contributed by atoms with E-state index in [4.69, 9.17) is 5.11 Å². The topological polar surface area (TPSA) is 66.4 Å². The summed E-state index contributed by atoms with van der Waals surface area (Å²) in [4.78, 5) is 22.8. The van der Waals surface area contributed by atoms with E-state index in [9.17, 15) is 9.59 Å². The van der Waals surface area contributed by atoms with Crippen molar-refractivity contribution in [1.29, 1.82) is 0 Å². The zero-order chi connectivity index (χ0) is 11.4. The highest BCUT2D eigenvalue weighted by atomic mass is 79.9. The van der Waals surface area contributed by atoms with Crippen molar-refractivity contribution in [2.45, 2.75) is 19.4 Å². The summed E-state index contributed by atoms with van der Waals surface area (Å²) < 4.78 is 0.936. The van der Waals surface area contributed by atoms with Crippen molar-refractivity contribution in [2.24, 2.45) is 0 Å². The molecule has 0 unspecified atom stereocenters. The van der Waals surface area contributed by atoms with Gasteiger partial charge in [-0.25, -0.2) is 0 Å². The number of carbonyl (C=O) groups is 2.